The van der Waals surface area contributed by atoms with Crippen molar-refractivity contribution < 1.29 is 14.3 Å². The second kappa shape index (κ2) is 7.93. The number of amides is 1. The molecule has 0 aliphatic carbocycles. The summed E-state index contributed by atoms with van der Waals surface area (Å²) in [6, 6.07) is 14.8. The van der Waals surface area contributed by atoms with Crippen LogP contribution < -0.4 is 5.32 Å². The van der Waals surface area contributed by atoms with E-state index >= 15 is 0 Å². The van der Waals surface area contributed by atoms with Crippen molar-refractivity contribution in [3.8, 4) is 10.6 Å². The van der Waals surface area contributed by atoms with Gasteiger partial charge in [-0.05, 0) is 25.1 Å². The normalized spacial score (nSPS) is 10.4. The molecule has 0 fully saturated rings. The minimum atomic E-state index is -0.490. The third-order valence-corrected chi connectivity index (χ3v) is 4.71. The molecule has 6 heteroatoms. The second-order valence-corrected chi connectivity index (χ2v) is 6.63. The zero-order valence-corrected chi connectivity index (χ0v) is 15.3. The van der Waals surface area contributed by atoms with Gasteiger partial charge < -0.3 is 10.1 Å². The van der Waals surface area contributed by atoms with E-state index in [1.165, 1.54) is 18.4 Å². The highest BCUT2D eigenvalue weighted by molar-refractivity contribution is 7.13. The van der Waals surface area contributed by atoms with Gasteiger partial charge >= 0.3 is 5.97 Å². The van der Waals surface area contributed by atoms with Crippen LogP contribution in [0.15, 0.2) is 53.9 Å². The third-order valence-electron chi connectivity index (χ3n) is 3.76. The molecule has 132 valence electrons. The van der Waals surface area contributed by atoms with Crippen LogP contribution in [0.1, 0.15) is 21.6 Å². The first-order chi connectivity index (χ1) is 12.6. The van der Waals surface area contributed by atoms with Gasteiger partial charge in [0, 0.05) is 10.9 Å². The Morgan fingerprint density at radius 3 is 2.73 bits per heavy atom. The van der Waals surface area contributed by atoms with E-state index in [0.717, 1.165) is 16.1 Å². The van der Waals surface area contributed by atoms with Crippen LogP contribution in [0.3, 0.4) is 0 Å². The average molecular weight is 366 g/mol. The topological polar surface area (TPSA) is 68.3 Å². The predicted octanol–water partition coefficient (Wildman–Crippen LogP) is 4.09. The zero-order valence-electron chi connectivity index (χ0n) is 14.5. The minimum Gasteiger partial charge on any atom is -0.465 e. The first kappa shape index (κ1) is 17.8. The number of nitrogens with one attached hydrogen (secondary N) is 1. The van der Waals surface area contributed by atoms with Crippen molar-refractivity contribution in [2.45, 2.75) is 13.3 Å². The summed E-state index contributed by atoms with van der Waals surface area (Å²) in [7, 11) is 1.31. The number of aryl methyl sites for hydroxylation is 1. The smallest absolute Gasteiger partial charge is 0.339 e. The van der Waals surface area contributed by atoms with Crippen LogP contribution in [-0.2, 0) is 16.0 Å². The lowest BCUT2D eigenvalue weighted by atomic mass is 10.1. The van der Waals surface area contributed by atoms with E-state index in [2.05, 4.69) is 16.4 Å². The van der Waals surface area contributed by atoms with Gasteiger partial charge in [-0.1, -0.05) is 35.9 Å². The summed E-state index contributed by atoms with van der Waals surface area (Å²) in [5, 5.41) is 5.52. The van der Waals surface area contributed by atoms with E-state index in [1.54, 1.807) is 24.3 Å². The Morgan fingerprint density at radius 1 is 1.15 bits per heavy atom. The molecule has 3 rings (SSSR count). The molecule has 0 aliphatic rings. The maximum absolute atomic E-state index is 12.3. The van der Waals surface area contributed by atoms with Crippen molar-refractivity contribution in [2.24, 2.45) is 0 Å². The molecular formula is C20H18N2O3S. The number of carbonyl (C=O) groups is 2. The third kappa shape index (κ3) is 4.15. The summed E-state index contributed by atoms with van der Waals surface area (Å²) >= 11 is 1.51. The van der Waals surface area contributed by atoms with Gasteiger partial charge in [0.2, 0.25) is 5.91 Å². The van der Waals surface area contributed by atoms with Gasteiger partial charge in [0.1, 0.15) is 5.01 Å². The number of carbonyl (C=O) groups excluding carboxylic acids is 2. The number of benzene rings is 2. The molecule has 1 N–H and O–H groups in total. The molecule has 1 heterocycles. The number of nitrogens with zero attached hydrogens (tertiary/aromatic N) is 1. The van der Waals surface area contributed by atoms with E-state index < -0.39 is 5.97 Å². The van der Waals surface area contributed by atoms with Crippen molar-refractivity contribution >= 4 is 28.9 Å². The van der Waals surface area contributed by atoms with Crippen molar-refractivity contribution in [1.82, 2.24) is 4.98 Å². The quantitative estimate of drug-likeness (QED) is 0.691. The van der Waals surface area contributed by atoms with Crippen molar-refractivity contribution in [3.63, 3.8) is 0 Å². The molecular weight excluding hydrogens is 348 g/mol. The Hall–Kier alpha value is -2.99. The van der Waals surface area contributed by atoms with Gasteiger partial charge in [-0.15, -0.1) is 11.3 Å². The minimum absolute atomic E-state index is 0.137. The lowest BCUT2D eigenvalue weighted by molar-refractivity contribution is -0.115. The maximum atomic E-state index is 12.3. The first-order valence-electron chi connectivity index (χ1n) is 8.05. The summed E-state index contributed by atoms with van der Waals surface area (Å²) in [4.78, 5) is 28.7. The number of methoxy groups -OCH3 is 1. The maximum Gasteiger partial charge on any atom is 0.339 e. The van der Waals surface area contributed by atoms with Crippen LogP contribution in [-0.4, -0.2) is 24.0 Å². The van der Waals surface area contributed by atoms with Gasteiger partial charge in [0.15, 0.2) is 0 Å². The number of esters is 1. The fraction of sp³-hybridized carbons (Fsp3) is 0.150. The number of hydrogen-bond acceptors (Lipinski definition) is 5. The predicted molar refractivity (Wildman–Crippen MR) is 102 cm³/mol. The number of rotatable bonds is 5. The molecule has 3 aromatic rings. The van der Waals surface area contributed by atoms with Gasteiger partial charge in [-0.25, -0.2) is 9.78 Å². The van der Waals surface area contributed by atoms with Gasteiger partial charge in [-0.2, -0.15) is 0 Å². The first-order valence-corrected chi connectivity index (χ1v) is 8.93. The number of thiazole rings is 1. The van der Waals surface area contributed by atoms with E-state index in [9.17, 15) is 9.59 Å². The van der Waals surface area contributed by atoms with Crippen LogP contribution >= 0.6 is 11.3 Å². The van der Waals surface area contributed by atoms with Crippen LogP contribution in [0.2, 0.25) is 0 Å². The molecule has 1 amide bonds. The largest absolute Gasteiger partial charge is 0.465 e. The molecule has 26 heavy (non-hydrogen) atoms. The van der Waals surface area contributed by atoms with Crippen LogP contribution in [0.25, 0.3) is 10.6 Å². The average Bonchev–Trinajstić information content (AvgIpc) is 3.10. The Bertz CT molecular complexity index is 949. The fourth-order valence-corrected chi connectivity index (χ4v) is 3.35. The van der Waals surface area contributed by atoms with E-state index in [-0.39, 0.29) is 12.3 Å². The Kier molecular flexibility index (Phi) is 5.43. The highest BCUT2D eigenvalue weighted by Gasteiger charge is 2.14. The number of ether oxygens (including phenoxy) is 1. The molecule has 0 saturated carbocycles. The summed E-state index contributed by atoms with van der Waals surface area (Å²) in [5.74, 6) is -0.723. The fourth-order valence-electron chi connectivity index (χ4n) is 2.54. The van der Waals surface area contributed by atoms with Gasteiger partial charge in [0.05, 0.1) is 30.5 Å². The molecule has 0 spiro atoms. The monoisotopic (exact) mass is 366 g/mol. The lowest BCUT2D eigenvalue weighted by Crippen LogP contribution is -2.17. The van der Waals surface area contributed by atoms with E-state index in [0.29, 0.717) is 16.9 Å². The molecule has 0 unspecified atom stereocenters. The van der Waals surface area contributed by atoms with Crippen LogP contribution in [0.4, 0.5) is 5.69 Å². The highest BCUT2D eigenvalue weighted by atomic mass is 32.1. The van der Waals surface area contributed by atoms with Gasteiger partial charge in [0.25, 0.3) is 0 Å². The Balaban J connectivity index is 1.71. The molecule has 0 atom stereocenters. The van der Waals surface area contributed by atoms with Crippen molar-refractivity contribution in [3.05, 3.63) is 70.7 Å². The van der Waals surface area contributed by atoms with Crippen LogP contribution in [0, 0.1) is 6.92 Å². The molecule has 5 nitrogen and oxygen atoms in total. The molecule has 0 saturated heterocycles. The van der Waals surface area contributed by atoms with Crippen molar-refractivity contribution in [2.75, 3.05) is 12.4 Å². The molecule has 1 aromatic heterocycles. The number of hydrogen-bond donors (Lipinski definition) is 1. The summed E-state index contributed by atoms with van der Waals surface area (Å²) in [6.07, 6.45) is 0.137. The number of para-hydroxylation sites is 1. The summed E-state index contributed by atoms with van der Waals surface area (Å²) < 4.78 is 4.74. The molecule has 0 radical (unpaired) electrons. The van der Waals surface area contributed by atoms with Crippen molar-refractivity contribution in [1.29, 1.82) is 0 Å². The van der Waals surface area contributed by atoms with E-state index in [4.69, 9.17) is 4.74 Å². The molecule has 0 aliphatic heterocycles. The SMILES string of the molecule is COC(=O)c1ccccc1NC(=O)Cc1csc(-c2cccc(C)c2)n1. The van der Waals surface area contributed by atoms with Crippen LogP contribution in [0.5, 0.6) is 0 Å². The summed E-state index contributed by atoms with van der Waals surface area (Å²) in [6.45, 7) is 2.03. The Labute approximate surface area is 155 Å². The lowest BCUT2D eigenvalue weighted by Gasteiger charge is -2.08. The zero-order chi connectivity index (χ0) is 18.5. The second-order valence-electron chi connectivity index (χ2n) is 5.78. The van der Waals surface area contributed by atoms with E-state index in [1.807, 2.05) is 30.5 Å². The number of aromatic nitrogens is 1. The molecule has 2 aromatic carbocycles. The Morgan fingerprint density at radius 2 is 1.96 bits per heavy atom. The molecule has 0 bridgehead atoms. The highest BCUT2D eigenvalue weighted by Crippen LogP contribution is 2.25. The summed E-state index contributed by atoms with van der Waals surface area (Å²) in [5.41, 5.74) is 3.65. The van der Waals surface area contributed by atoms with Gasteiger partial charge in [-0.3, -0.25) is 4.79 Å². The standard InChI is InChI=1S/C20H18N2O3S/c1-13-6-5-7-14(10-13)19-21-15(12-26-19)11-18(23)22-17-9-4-3-8-16(17)20(24)25-2/h3-10,12H,11H2,1-2H3,(H,22,23). The number of anilines is 1.